The summed E-state index contributed by atoms with van der Waals surface area (Å²) in [6, 6.07) is 6.55. The first-order chi connectivity index (χ1) is 14.0. The van der Waals surface area contributed by atoms with Crippen LogP contribution in [0.5, 0.6) is 0 Å². The Morgan fingerprint density at radius 1 is 1.10 bits per heavy atom. The van der Waals surface area contributed by atoms with Gasteiger partial charge in [0.15, 0.2) is 5.78 Å². The molecule has 5 heteroatoms. The van der Waals surface area contributed by atoms with Crippen molar-refractivity contribution in [2.75, 3.05) is 13.1 Å². The van der Waals surface area contributed by atoms with Crippen molar-refractivity contribution < 1.29 is 9.59 Å². The number of aromatic nitrogens is 2. The van der Waals surface area contributed by atoms with Crippen LogP contribution in [0, 0.1) is 13.8 Å². The van der Waals surface area contributed by atoms with E-state index in [4.69, 9.17) is 0 Å². The SMILES string of the molecule is CC(=O)c1nn(CC(=O)N2CCC(c3cccc(C)c3C)CC2)c2c1CCCC2. The van der Waals surface area contributed by atoms with Gasteiger partial charge in [-0.2, -0.15) is 5.10 Å². The number of carbonyl (C=O) groups is 2. The molecule has 2 aromatic rings. The number of aryl methyl sites for hydroxylation is 1. The summed E-state index contributed by atoms with van der Waals surface area (Å²) in [6.07, 6.45) is 6.03. The van der Waals surface area contributed by atoms with Gasteiger partial charge in [0.05, 0.1) is 0 Å². The van der Waals surface area contributed by atoms with Crippen molar-refractivity contribution >= 4 is 11.7 Å². The van der Waals surface area contributed by atoms with E-state index in [1.165, 1.54) is 16.7 Å². The molecule has 0 saturated carbocycles. The lowest BCUT2D eigenvalue weighted by atomic mass is 9.85. The normalized spacial score (nSPS) is 17.3. The molecular weight excluding hydrogens is 362 g/mol. The zero-order chi connectivity index (χ0) is 20.5. The highest BCUT2D eigenvalue weighted by Crippen LogP contribution is 2.31. The molecule has 0 unspecified atom stereocenters. The second-order valence-corrected chi connectivity index (χ2v) is 8.64. The largest absolute Gasteiger partial charge is 0.341 e. The predicted octanol–water partition coefficient (Wildman–Crippen LogP) is 3.99. The molecule has 1 aromatic heterocycles. The topological polar surface area (TPSA) is 55.2 Å². The van der Waals surface area contributed by atoms with Crippen LogP contribution in [0.4, 0.5) is 0 Å². The second-order valence-electron chi connectivity index (χ2n) is 8.64. The summed E-state index contributed by atoms with van der Waals surface area (Å²) in [5, 5.41) is 4.53. The lowest BCUT2D eigenvalue weighted by Crippen LogP contribution is -2.40. The van der Waals surface area contributed by atoms with Crippen LogP contribution < -0.4 is 0 Å². The molecule has 0 bridgehead atoms. The fourth-order valence-electron chi connectivity index (χ4n) is 4.97. The average molecular weight is 394 g/mol. The molecule has 1 saturated heterocycles. The maximum absolute atomic E-state index is 13.0. The van der Waals surface area contributed by atoms with E-state index in [9.17, 15) is 9.59 Å². The number of fused-ring (bicyclic) bond motifs is 1. The van der Waals surface area contributed by atoms with Gasteiger partial charge in [-0.1, -0.05) is 18.2 Å². The molecule has 1 aromatic carbocycles. The summed E-state index contributed by atoms with van der Waals surface area (Å²) in [5.74, 6) is 0.653. The molecule has 1 aliphatic heterocycles. The number of hydrogen-bond acceptors (Lipinski definition) is 3. The van der Waals surface area contributed by atoms with Crippen molar-refractivity contribution in [2.24, 2.45) is 0 Å². The van der Waals surface area contributed by atoms with E-state index in [0.29, 0.717) is 11.6 Å². The molecular formula is C24H31N3O2. The van der Waals surface area contributed by atoms with Crippen LogP contribution in [0.3, 0.4) is 0 Å². The molecule has 4 rings (SSSR count). The third-order valence-electron chi connectivity index (χ3n) is 6.81. The average Bonchev–Trinajstić information content (AvgIpc) is 3.09. The first-order valence-corrected chi connectivity index (χ1v) is 10.9. The van der Waals surface area contributed by atoms with Crippen molar-refractivity contribution in [1.82, 2.24) is 14.7 Å². The van der Waals surface area contributed by atoms with Gasteiger partial charge < -0.3 is 4.90 Å². The van der Waals surface area contributed by atoms with Gasteiger partial charge in [0.25, 0.3) is 0 Å². The van der Waals surface area contributed by atoms with Gasteiger partial charge in [-0.3, -0.25) is 14.3 Å². The van der Waals surface area contributed by atoms with Gasteiger partial charge in [0.1, 0.15) is 12.2 Å². The molecule has 1 fully saturated rings. The lowest BCUT2D eigenvalue weighted by Gasteiger charge is -2.33. The van der Waals surface area contributed by atoms with Crippen molar-refractivity contribution in [3.8, 4) is 0 Å². The fourth-order valence-corrected chi connectivity index (χ4v) is 4.97. The molecule has 0 spiro atoms. The highest BCUT2D eigenvalue weighted by atomic mass is 16.2. The van der Waals surface area contributed by atoms with E-state index < -0.39 is 0 Å². The first-order valence-electron chi connectivity index (χ1n) is 10.9. The van der Waals surface area contributed by atoms with Crippen molar-refractivity contribution in [2.45, 2.75) is 71.8 Å². The molecule has 0 atom stereocenters. The number of hydrogen-bond donors (Lipinski definition) is 0. The maximum atomic E-state index is 13.0. The quantitative estimate of drug-likeness (QED) is 0.738. The Balaban J connectivity index is 1.43. The summed E-state index contributed by atoms with van der Waals surface area (Å²) >= 11 is 0. The molecule has 0 radical (unpaired) electrons. The van der Waals surface area contributed by atoms with Crippen LogP contribution in [0.15, 0.2) is 18.2 Å². The van der Waals surface area contributed by atoms with Crippen molar-refractivity contribution in [1.29, 1.82) is 0 Å². The number of rotatable bonds is 4. The summed E-state index contributed by atoms with van der Waals surface area (Å²) in [4.78, 5) is 26.9. The molecule has 2 heterocycles. The van der Waals surface area contributed by atoms with Crippen LogP contribution >= 0.6 is 0 Å². The minimum atomic E-state index is 0.00341. The third-order valence-corrected chi connectivity index (χ3v) is 6.81. The first kappa shape index (κ1) is 19.9. The van der Waals surface area contributed by atoms with E-state index in [1.807, 2.05) is 9.58 Å². The van der Waals surface area contributed by atoms with E-state index in [1.54, 1.807) is 6.92 Å². The molecule has 0 N–H and O–H groups in total. The molecule has 154 valence electrons. The van der Waals surface area contributed by atoms with E-state index >= 15 is 0 Å². The number of amides is 1. The summed E-state index contributed by atoms with van der Waals surface area (Å²) in [5.41, 5.74) is 6.90. The van der Waals surface area contributed by atoms with Crippen molar-refractivity contribution in [3.63, 3.8) is 0 Å². The Hall–Kier alpha value is -2.43. The van der Waals surface area contributed by atoms with Crippen molar-refractivity contribution in [3.05, 3.63) is 51.8 Å². The highest BCUT2D eigenvalue weighted by Gasteiger charge is 2.28. The lowest BCUT2D eigenvalue weighted by molar-refractivity contribution is -0.133. The minimum Gasteiger partial charge on any atom is -0.341 e. The van der Waals surface area contributed by atoms with Gasteiger partial charge in [-0.15, -0.1) is 0 Å². The number of benzene rings is 1. The smallest absolute Gasteiger partial charge is 0.244 e. The molecule has 5 nitrogen and oxygen atoms in total. The second kappa shape index (κ2) is 8.13. The van der Waals surface area contributed by atoms with Gasteiger partial charge in [-0.25, -0.2) is 0 Å². The number of piperidine rings is 1. The Morgan fingerprint density at radius 3 is 2.55 bits per heavy atom. The fraction of sp³-hybridized carbons (Fsp3) is 0.542. The third kappa shape index (κ3) is 3.87. The van der Waals surface area contributed by atoms with Gasteiger partial charge in [0, 0.05) is 31.3 Å². The summed E-state index contributed by atoms with van der Waals surface area (Å²) in [7, 11) is 0. The van der Waals surface area contributed by atoms with Crippen LogP contribution in [-0.2, 0) is 24.2 Å². The van der Waals surface area contributed by atoms with Crippen LogP contribution in [0.1, 0.15) is 77.0 Å². The Labute approximate surface area is 173 Å². The van der Waals surface area contributed by atoms with E-state index in [0.717, 1.165) is 62.9 Å². The summed E-state index contributed by atoms with van der Waals surface area (Å²) < 4.78 is 1.81. The number of likely N-dealkylation sites (tertiary alicyclic amines) is 1. The monoisotopic (exact) mass is 393 g/mol. The van der Waals surface area contributed by atoms with Gasteiger partial charge >= 0.3 is 0 Å². The van der Waals surface area contributed by atoms with Gasteiger partial charge in [-0.05, 0) is 75.0 Å². The standard InChI is InChI=1S/C24H31N3O2/c1-16-7-6-9-20(17(16)2)19-11-13-26(14-12-19)23(29)15-27-22-10-5-4-8-21(22)24(25-27)18(3)28/h6-7,9,19H,4-5,8,10-15H2,1-3H3. The molecule has 1 aliphatic carbocycles. The molecule has 2 aliphatic rings. The molecule has 29 heavy (non-hydrogen) atoms. The Morgan fingerprint density at radius 2 is 1.83 bits per heavy atom. The summed E-state index contributed by atoms with van der Waals surface area (Å²) in [6.45, 7) is 7.78. The number of ketones is 1. The highest BCUT2D eigenvalue weighted by molar-refractivity contribution is 5.94. The Kier molecular flexibility index (Phi) is 5.57. The van der Waals surface area contributed by atoms with E-state index in [2.05, 4.69) is 37.1 Å². The van der Waals surface area contributed by atoms with Crippen LogP contribution in [0.25, 0.3) is 0 Å². The van der Waals surface area contributed by atoms with Crippen LogP contribution in [0.2, 0.25) is 0 Å². The number of Topliss-reactive ketones (excluding diaryl/α,β-unsaturated/α-hetero) is 1. The number of carbonyl (C=O) groups excluding carboxylic acids is 2. The predicted molar refractivity (Wildman–Crippen MR) is 113 cm³/mol. The zero-order valence-corrected chi connectivity index (χ0v) is 17.8. The maximum Gasteiger partial charge on any atom is 0.244 e. The minimum absolute atomic E-state index is 0.00341. The van der Waals surface area contributed by atoms with Crippen LogP contribution in [-0.4, -0.2) is 39.5 Å². The van der Waals surface area contributed by atoms with Gasteiger partial charge in [0.2, 0.25) is 5.91 Å². The Bertz CT molecular complexity index is 936. The zero-order valence-electron chi connectivity index (χ0n) is 17.8. The number of nitrogens with zero attached hydrogens (tertiary/aromatic N) is 3. The van der Waals surface area contributed by atoms with E-state index in [-0.39, 0.29) is 18.2 Å². The molecule has 1 amide bonds.